The van der Waals surface area contributed by atoms with Gasteiger partial charge in [-0.2, -0.15) is 0 Å². The summed E-state index contributed by atoms with van der Waals surface area (Å²) in [6, 6.07) is 10.7. The summed E-state index contributed by atoms with van der Waals surface area (Å²) in [6.07, 6.45) is 2.29. The van der Waals surface area contributed by atoms with E-state index in [9.17, 15) is 0 Å². The molecule has 19 heavy (non-hydrogen) atoms. The van der Waals surface area contributed by atoms with Crippen LogP contribution in [0.5, 0.6) is 0 Å². The Bertz CT molecular complexity index is 349. The summed E-state index contributed by atoms with van der Waals surface area (Å²) in [4.78, 5) is 0. The predicted octanol–water partition coefficient (Wildman–Crippen LogP) is 3.38. The van der Waals surface area contributed by atoms with E-state index in [1.54, 1.807) is 0 Å². The Morgan fingerprint density at radius 1 is 0.842 bits per heavy atom. The van der Waals surface area contributed by atoms with Crippen LogP contribution in [0.2, 0.25) is 0 Å². The summed E-state index contributed by atoms with van der Waals surface area (Å²) in [6.45, 7) is 13.2. The summed E-state index contributed by atoms with van der Waals surface area (Å²) in [5.74, 6) is 0. The molecule has 2 N–H and O–H groups in total. The third kappa shape index (κ3) is 8.02. The van der Waals surface area contributed by atoms with Gasteiger partial charge in [0.25, 0.3) is 0 Å². The number of hydrogen-bond acceptors (Lipinski definition) is 2. The largest absolute Gasteiger partial charge is 0.311 e. The van der Waals surface area contributed by atoms with Crippen molar-refractivity contribution < 1.29 is 0 Å². The first-order chi connectivity index (χ1) is 8.79. The Morgan fingerprint density at radius 2 is 1.42 bits per heavy atom. The lowest BCUT2D eigenvalue weighted by Gasteiger charge is -2.28. The average molecular weight is 262 g/mol. The summed E-state index contributed by atoms with van der Waals surface area (Å²) in [7, 11) is 0. The van der Waals surface area contributed by atoms with Crippen LogP contribution in [0.1, 0.15) is 46.6 Å². The van der Waals surface area contributed by atoms with Gasteiger partial charge in [-0.25, -0.2) is 0 Å². The summed E-state index contributed by atoms with van der Waals surface area (Å²) in [5, 5.41) is 7.15. The number of nitrogens with one attached hydrogen (secondary N) is 2. The first-order valence-corrected chi connectivity index (χ1v) is 7.32. The number of aryl methyl sites for hydroxylation is 1. The van der Waals surface area contributed by atoms with Gasteiger partial charge in [0.2, 0.25) is 0 Å². The monoisotopic (exact) mass is 262 g/mol. The fraction of sp³-hybridized carbons (Fsp3) is 0.647. The van der Waals surface area contributed by atoms with Gasteiger partial charge in [0.05, 0.1) is 0 Å². The van der Waals surface area contributed by atoms with Crippen molar-refractivity contribution in [2.45, 2.75) is 58.5 Å². The topological polar surface area (TPSA) is 24.1 Å². The quantitative estimate of drug-likeness (QED) is 0.736. The van der Waals surface area contributed by atoms with Crippen molar-refractivity contribution in [3.8, 4) is 0 Å². The molecule has 0 unspecified atom stereocenters. The molecule has 1 rings (SSSR count). The molecule has 0 aliphatic rings. The van der Waals surface area contributed by atoms with Crippen LogP contribution in [0.15, 0.2) is 30.3 Å². The first-order valence-electron chi connectivity index (χ1n) is 7.32. The summed E-state index contributed by atoms with van der Waals surface area (Å²) >= 11 is 0. The molecule has 0 atom stereocenters. The van der Waals surface area contributed by atoms with E-state index < -0.39 is 0 Å². The van der Waals surface area contributed by atoms with Crippen molar-refractivity contribution in [3.63, 3.8) is 0 Å². The second-order valence-electron chi connectivity index (χ2n) is 6.97. The molecule has 108 valence electrons. The zero-order valence-electron chi connectivity index (χ0n) is 13.2. The molecule has 0 aliphatic heterocycles. The summed E-state index contributed by atoms with van der Waals surface area (Å²) in [5.41, 5.74) is 1.82. The molecule has 0 aromatic heterocycles. The van der Waals surface area contributed by atoms with Crippen LogP contribution in [0, 0.1) is 0 Å². The minimum Gasteiger partial charge on any atom is -0.311 e. The molecule has 0 aliphatic carbocycles. The van der Waals surface area contributed by atoms with E-state index in [0.29, 0.717) is 0 Å². The average Bonchev–Trinajstić information content (AvgIpc) is 2.33. The molecular weight excluding hydrogens is 232 g/mol. The van der Waals surface area contributed by atoms with Gasteiger partial charge in [-0.3, -0.25) is 0 Å². The van der Waals surface area contributed by atoms with Crippen molar-refractivity contribution in [1.29, 1.82) is 0 Å². The van der Waals surface area contributed by atoms with Crippen molar-refractivity contribution in [3.05, 3.63) is 35.9 Å². The van der Waals surface area contributed by atoms with Crippen LogP contribution in [-0.2, 0) is 6.42 Å². The molecule has 0 heterocycles. The lowest BCUT2D eigenvalue weighted by atomic mass is 9.95. The molecule has 2 heteroatoms. The molecule has 0 radical (unpaired) electrons. The second kappa shape index (κ2) is 7.06. The Balaban J connectivity index is 2.24. The van der Waals surface area contributed by atoms with Gasteiger partial charge in [-0.05, 0) is 53.0 Å². The van der Waals surface area contributed by atoms with E-state index in [1.165, 1.54) is 5.56 Å². The Labute approximate surface area is 119 Å². The SMILES string of the molecule is CC(C)(C)NCCNC(C)(C)CCc1ccccc1. The standard InChI is InChI=1S/C17H30N2/c1-16(2,3)18-13-14-19-17(4,5)12-11-15-9-7-6-8-10-15/h6-10,18-19H,11-14H2,1-5H3. The van der Waals surface area contributed by atoms with E-state index in [2.05, 4.69) is 75.6 Å². The maximum Gasteiger partial charge on any atom is 0.0128 e. The molecule has 0 saturated heterocycles. The van der Waals surface area contributed by atoms with Gasteiger partial charge in [-0.15, -0.1) is 0 Å². The zero-order valence-corrected chi connectivity index (χ0v) is 13.2. The molecule has 0 saturated carbocycles. The third-order valence-electron chi connectivity index (χ3n) is 3.27. The minimum absolute atomic E-state index is 0.190. The van der Waals surface area contributed by atoms with E-state index >= 15 is 0 Å². The molecule has 0 bridgehead atoms. The van der Waals surface area contributed by atoms with Crippen molar-refractivity contribution in [2.75, 3.05) is 13.1 Å². The maximum atomic E-state index is 3.64. The molecule has 0 fully saturated rings. The Hall–Kier alpha value is -0.860. The van der Waals surface area contributed by atoms with Crippen LogP contribution in [-0.4, -0.2) is 24.2 Å². The highest BCUT2D eigenvalue weighted by atomic mass is 15.0. The summed E-state index contributed by atoms with van der Waals surface area (Å²) < 4.78 is 0. The van der Waals surface area contributed by atoms with Crippen LogP contribution in [0.3, 0.4) is 0 Å². The molecule has 1 aromatic rings. The fourth-order valence-electron chi connectivity index (χ4n) is 2.03. The smallest absolute Gasteiger partial charge is 0.0128 e. The van der Waals surface area contributed by atoms with Gasteiger partial charge in [0, 0.05) is 24.2 Å². The van der Waals surface area contributed by atoms with Crippen molar-refractivity contribution in [2.24, 2.45) is 0 Å². The molecule has 0 spiro atoms. The van der Waals surface area contributed by atoms with E-state index in [-0.39, 0.29) is 11.1 Å². The van der Waals surface area contributed by atoms with E-state index in [0.717, 1.165) is 25.9 Å². The normalized spacial score (nSPS) is 12.7. The maximum absolute atomic E-state index is 3.64. The highest BCUT2D eigenvalue weighted by molar-refractivity contribution is 5.15. The highest BCUT2D eigenvalue weighted by Gasteiger charge is 2.16. The van der Waals surface area contributed by atoms with Crippen molar-refractivity contribution >= 4 is 0 Å². The zero-order chi connectivity index (χ0) is 14.4. The molecule has 1 aromatic carbocycles. The van der Waals surface area contributed by atoms with Crippen LogP contribution in [0.4, 0.5) is 0 Å². The number of rotatable bonds is 7. The van der Waals surface area contributed by atoms with Gasteiger partial charge in [0.1, 0.15) is 0 Å². The Kier molecular flexibility index (Phi) is 6.02. The lowest BCUT2D eigenvalue weighted by Crippen LogP contribution is -2.46. The molecule has 0 amide bonds. The second-order valence-corrected chi connectivity index (χ2v) is 6.97. The molecular formula is C17H30N2. The van der Waals surface area contributed by atoms with Gasteiger partial charge < -0.3 is 10.6 Å². The van der Waals surface area contributed by atoms with Crippen molar-refractivity contribution in [1.82, 2.24) is 10.6 Å². The van der Waals surface area contributed by atoms with Gasteiger partial charge in [-0.1, -0.05) is 30.3 Å². The fourth-order valence-corrected chi connectivity index (χ4v) is 2.03. The lowest BCUT2D eigenvalue weighted by molar-refractivity contribution is 0.344. The van der Waals surface area contributed by atoms with Gasteiger partial charge >= 0.3 is 0 Å². The predicted molar refractivity (Wildman–Crippen MR) is 84.6 cm³/mol. The first kappa shape index (κ1) is 16.2. The van der Waals surface area contributed by atoms with E-state index in [1.807, 2.05) is 0 Å². The van der Waals surface area contributed by atoms with Crippen LogP contribution >= 0.6 is 0 Å². The molecule has 2 nitrogen and oxygen atoms in total. The Morgan fingerprint density at radius 3 is 2.00 bits per heavy atom. The third-order valence-corrected chi connectivity index (χ3v) is 3.27. The van der Waals surface area contributed by atoms with Crippen LogP contribution in [0.25, 0.3) is 0 Å². The highest BCUT2D eigenvalue weighted by Crippen LogP contribution is 2.13. The van der Waals surface area contributed by atoms with Crippen LogP contribution < -0.4 is 10.6 Å². The minimum atomic E-state index is 0.190. The number of hydrogen-bond donors (Lipinski definition) is 2. The number of benzene rings is 1. The van der Waals surface area contributed by atoms with E-state index in [4.69, 9.17) is 0 Å². The van der Waals surface area contributed by atoms with Gasteiger partial charge in [0.15, 0.2) is 0 Å².